The number of carbonyl (C=O) groups excluding carboxylic acids is 1. The van der Waals surface area contributed by atoms with E-state index in [9.17, 15) is 18.0 Å². The number of amides is 1. The number of aromatic nitrogens is 2. The number of halogens is 3. The Morgan fingerprint density at radius 3 is 2.69 bits per heavy atom. The Kier molecular flexibility index (Phi) is 6.28. The molecule has 0 saturated carbocycles. The van der Waals surface area contributed by atoms with Crippen LogP contribution in [0.4, 0.5) is 13.2 Å². The fourth-order valence-corrected chi connectivity index (χ4v) is 2.47. The van der Waals surface area contributed by atoms with Crippen molar-refractivity contribution in [1.29, 1.82) is 0 Å². The van der Waals surface area contributed by atoms with Crippen LogP contribution in [0.5, 0.6) is 5.75 Å². The Hall–Kier alpha value is -2.51. The largest absolute Gasteiger partial charge is 0.494 e. The summed E-state index contributed by atoms with van der Waals surface area (Å²) in [4.78, 5) is 12.1. The lowest BCUT2D eigenvalue weighted by molar-refractivity contribution is -0.145. The van der Waals surface area contributed by atoms with Gasteiger partial charge in [0.2, 0.25) is 0 Å². The van der Waals surface area contributed by atoms with Crippen LogP contribution in [0.25, 0.3) is 0 Å². The van der Waals surface area contributed by atoms with Crippen LogP contribution < -0.4 is 10.1 Å². The number of alkyl halides is 3. The Labute approximate surface area is 150 Å². The minimum absolute atomic E-state index is 0.203. The van der Waals surface area contributed by atoms with Crippen LogP contribution in [0.2, 0.25) is 0 Å². The molecule has 0 aliphatic carbocycles. The van der Waals surface area contributed by atoms with E-state index in [2.05, 4.69) is 10.4 Å². The van der Waals surface area contributed by atoms with Gasteiger partial charge in [-0.05, 0) is 44.9 Å². The first-order valence-electron chi connectivity index (χ1n) is 8.32. The van der Waals surface area contributed by atoms with Crippen molar-refractivity contribution in [1.82, 2.24) is 15.1 Å². The minimum atomic E-state index is -4.65. The van der Waals surface area contributed by atoms with Gasteiger partial charge in [-0.2, -0.15) is 18.3 Å². The molecule has 0 aliphatic rings. The summed E-state index contributed by atoms with van der Waals surface area (Å²) < 4.78 is 46.2. The highest BCUT2D eigenvalue weighted by molar-refractivity contribution is 5.95. The van der Waals surface area contributed by atoms with Gasteiger partial charge in [-0.3, -0.25) is 9.48 Å². The van der Waals surface area contributed by atoms with Gasteiger partial charge in [-0.25, -0.2) is 0 Å². The summed E-state index contributed by atoms with van der Waals surface area (Å²) in [6, 6.07) is 7.02. The van der Waals surface area contributed by atoms with Gasteiger partial charge in [0.05, 0.1) is 18.4 Å². The average molecular weight is 369 g/mol. The fraction of sp³-hybridized carbons (Fsp3) is 0.444. The summed E-state index contributed by atoms with van der Waals surface area (Å²) in [5.74, 6) is -0.0753. The molecule has 0 atom stereocenters. The summed E-state index contributed by atoms with van der Waals surface area (Å²) in [5.41, 5.74) is -0.426. The fourth-order valence-electron chi connectivity index (χ4n) is 2.47. The molecule has 1 N–H and O–H groups in total. The minimum Gasteiger partial charge on any atom is -0.494 e. The number of ether oxygens (including phenoxy) is 1. The van der Waals surface area contributed by atoms with Gasteiger partial charge in [0.1, 0.15) is 5.75 Å². The van der Waals surface area contributed by atoms with Crippen molar-refractivity contribution in [2.75, 3.05) is 13.2 Å². The highest BCUT2D eigenvalue weighted by Gasteiger charge is 2.40. The third-order valence-corrected chi connectivity index (χ3v) is 3.66. The van der Waals surface area contributed by atoms with Crippen LogP contribution in [0.15, 0.2) is 30.5 Å². The SMILES string of the molecule is Cc1cccc(OCCCNC(=O)c2cnn(C(C)C)c2C(F)(F)F)c1. The summed E-state index contributed by atoms with van der Waals surface area (Å²) in [7, 11) is 0. The predicted molar refractivity (Wildman–Crippen MR) is 91.2 cm³/mol. The molecule has 0 unspecified atom stereocenters. The number of aryl methyl sites for hydroxylation is 1. The van der Waals surface area contributed by atoms with E-state index in [1.54, 1.807) is 13.8 Å². The molecule has 0 spiro atoms. The second-order valence-electron chi connectivity index (χ2n) is 6.22. The van der Waals surface area contributed by atoms with E-state index in [4.69, 9.17) is 4.74 Å². The molecule has 0 bridgehead atoms. The van der Waals surface area contributed by atoms with Crippen molar-refractivity contribution in [2.45, 2.75) is 39.4 Å². The average Bonchev–Trinajstić information content (AvgIpc) is 3.00. The van der Waals surface area contributed by atoms with Crippen molar-refractivity contribution in [3.8, 4) is 5.75 Å². The Balaban J connectivity index is 1.90. The Morgan fingerprint density at radius 1 is 1.35 bits per heavy atom. The third kappa shape index (κ3) is 5.00. The molecular formula is C18H22F3N3O2. The maximum absolute atomic E-state index is 13.3. The second-order valence-corrected chi connectivity index (χ2v) is 6.22. The first-order chi connectivity index (χ1) is 12.2. The number of benzene rings is 1. The Bertz CT molecular complexity index is 754. The maximum atomic E-state index is 13.3. The van der Waals surface area contributed by atoms with E-state index < -0.39 is 29.4 Å². The van der Waals surface area contributed by atoms with Gasteiger partial charge in [0.25, 0.3) is 5.91 Å². The summed E-state index contributed by atoms with van der Waals surface area (Å²) in [5, 5.41) is 6.20. The van der Waals surface area contributed by atoms with Crippen molar-refractivity contribution in [2.24, 2.45) is 0 Å². The summed E-state index contributed by atoms with van der Waals surface area (Å²) in [6.07, 6.45) is -3.22. The molecular weight excluding hydrogens is 347 g/mol. The van der Waals surface area contributed by atoms with Crippen LogP contribution in [-0.4, -0.2) is 28.8 Å². The van der Waals surface area contributed by atoms with E-state index in [0.29, 0.717) is 18.8 Å². The molecule has 0 saturated heterocycles. The van der Waals surface area contributed by atoms with Crippen molar-refractivity contribution >= 4 is 5.91 Å². The van der Waals surface area contributed by atoms with Crippen molar-refractivity contribution in [3.63, 3.8) is 0 Å². The lowest BCUT2D eigenvalue weighted by Crippen LogP contribution is -2.28. The molecule has 26 heavy (non-hydrogen) atoms. The Morgan fingerprint density at radius 2 is 2.08 bits per heavy atom. The second kappa shape index (κ2) is 8.25. The first kappa shape index (κ1) is 19.8. The van der Waals surface area contributed by atoms with Gasteiger partial charge in [-0.15, -0.1) is 0 Å². The van der Waals surface area contributed by atoms with Gasteiger partial charge in [0.15, 0.2) is 5.69 Å². The van der Waals surface area contributed by atoms with Gasteiger partial charge < -0.3 is 10.1 Å². The van der Waals surface area contributed by atoms with E-state index in [0.717, 1.165) is 16.4 Å². The smallest absolute Gasteiger partial charge is 0.433 e. The number of hydrogen-bond acceptors (Lipinski definition) is 3. The van der Waals surface area contributed by atoms with Crippen LogP contribution >= 0.6 is 0 Å². The van der Waals surface area contributed by atoms with Crippen molar-refractivity contribution < 1.29 is 22.7 Å². The van der Waals surface area contributed by atoms with E-state index in [-0.39, 0.29) is 6.54 Å². The van der Waals surface area contributed by atoms with Gasteiger partial charge >= 0.3 is 6.18 Å². The summed E-state index contributed by atoms with van der Waals surface area (Å²) in [6.45, 7) is 5.65. The zero-order valence-electron chi connectivity index (χ0n) is 14.9. The predicted octanol–water partition coefficient (Wildman–Crippen LogP) is 3.99. The molecule has 5 nitrogen and oxygen atoms in total. The normalized spacial score (nSPS) is 11.7. The standard InChI is InChI=1S/C18H22F3N3O2/c1-12(2)24-16(18(19,20)21)15(11-23-24)17(25)22-8-5-9-26-14-7-4-6-13(3)10-14/h4,6-7,10-12H,5,8-9H2,1-3H3,(H,22,25). The number of nitrogens with zero attached hydrogens (tertiary/aromatic N) is 2. The quantitative estimate of drug-likeness (QED) is 0.751. The monoisotopic (exact) mass is 369 g/mol. The van der Waals surface area contributed by atoms with Crippen molar-refractivity contribution in [3.05, 3.63) is 47.3 Å². The van der Waals surface area contributed by atoms with Crippen LogP contribution in [0.3, 0.4) is 0 Å². The van der Waals surface area contributed by atoms with Gasteiger partial charge in [-0.1, -0.05) is 12.1 Å². The van der Waals surface area contributed by atoms with Crippen LogP contribution in [0, 0.1) is 6.92 Å². The van der Waals surface area contributed by atoms with E-state index in [1.165, 1.54) is 0 Å². The molecule has 2 aromatic rings. The lowest BCUT2D eigenvalue weighted by Gasteiger charge is -2.15. The number of carbonyl (C=O) groups is 1. The van der Waals surface area contributed by atoms with Crippen LogP contribution in [0.1, 0.15) is 47.9 Å². The molecule has 1 heterocycles. The topological polar surface area (TPSA) is 56.1 Å². The molecule has 1 amide bonds. The molecule has 0 radical (unpaired) electrons. The van der Waals surface area contributed by atoms with Crippen LogP contribution in [-0.2, 0) is 6.18 Å². The highest BCUT2D eigenvalue weighted by Crippen LogP contribution is 2.33. The number of rotatable bonds is 7. The lowest BCUT2D eigenvalue weighted by atomic mass is 10.2. The summed E-state index contributed by atoms with van der Waals surface area (Å²) >= 11 is 0. The van der Waals surface area contributed by atoms with E-state index >= 15 is 0 Å². The highest BCUT2D eigenvalue weighted by atomic mass is 19.4. The maximum Gasteiger partial charge on any atom is 0.433 e. The molecule has 8 heteroatoms. The first-order valence-corrected chi connectivity index (χ1v) is 8.32. The number of nitrogens with one attached hydrogen (secondary N) is 1. The zero-order chi connectivity index (χ0) is 19.3. The molecule has 0 fully saturated rings. The molecule has 1 aromatic carbocycles. The molecule has 0 aliphatic heterocycles. The molecule has 2 rings (SSSR count). The molecule has 1 aromatic heterocycles. The molecule has 142 valence electrons. The third-order valence-electron chi connectivity index (χ3n) is 3.66. The zero-order valence-corrected chi connectivity index (χ0v) is 14.9. The number of hydrogen-bond donors (Lipinski definition) is 1. The van der Waals surface area contributed by atoms with E-state index in [1.807, 2.05) is 31.2 Å². The van der Waals surface area contributed by atoms with Gasteiger partial charge in [0, 0.05) is 12.6 Å².